The molecule has 0 aromatic carbocycles. The molecule has 0 radical (unpaired) electrons. The third-order valence-corrected chi connectivity index (χ3v) is 1.89. The molecule has 0 heterocycles. The zero-order chi connectivity index (χ0) is 9.94. The van der Waals surface area contributed by atoms with Crippen molar-refractivity contribution in [2.24, 2.45) is 0 Å². The lowest BCUT2D eigenvalue weighted by Crippen LogP contribution is -2.43. The van der Waals surface area contributed by atoms with Gasteiger partial charge in [0.15, 0.2) is 0 Å². The summed E-state index contributed by atoms with van der Waals surface area (Å²) in [5, 5.41) is 9.47. The number of hydrogen-bond acceptors (Lipinski definition) is 3. The first-order valence-electron chi connectivity index (χ1n) is 4.17. The van der Waals surface area contributed by atoms with E-state index in [9.17, 15) is 9.90 Å². The summed E-state index contributed by atoms with van der Waals surface area (Å²) in [5.41, 5.74) is -0.738. The first kappa shape index (κ1) is 11.6. The number of ketones is 1. The van der Waals surface area contributed by atoms with Crippen LogP contribution in [0.1, 0.15) is 27.7 Å². The molecule has 12 heavy (non-hydrogen) atoms. The highest BCUT2D eigenvalue weighted by molar-refractivity contribution is 5.80. The molecule has 0 fully saturated rings. The minimum atomic E-state index is -0.738. The lowest BCUT2D eigenvalue weighted by molar-refractivity contribution is -0.121. The summed E-state index contributed by atoms with van der Waals surface area (Å²) in [6.07, 6.45) is 0. The molecule has 72 valence electrons. The van der Waals surface area contributed by atoms with Gasteiger partial charge in [0.25, 0.3) is 0 Å². The molecule has 0 amide bonds. The van der Waals surface area contributed by atoms with Crippen LogP contribution in [0.3, 0.4) is 0 Å². The van der Waals surface area contributed by atoms with Crippen molar-refractivity contribution in [1.29, 1.82) is 0 Å². The van der Waals surface area contributed by atoms with Gasteiger partial charge in [-0.05, 0) is 34.7 Å². The average Bonchev–Trinajstić information content (AvgIpc) is 1.82. The Balaban J connectivity index is 4.04. The fourth-order valence-corrected chi connectivity index (χ4v) is 1.06. The van der Waals surface area contributed by atoms with Crippen LogP contribution in [0.25, 0.3) is 0 Å². The molecule has 0 bridgehead atoms. The molecule has 1 N–H and O–H groups in total. The second kappa shape index (κ2) is 4.01. The molecule has 0 saturated carbocycles. The summed E-state index contributed by atoms with van der Waals surface area (Å²) in [6.45, 7) is 7.38. The number of Topliss-reactive ketones (excluding diaryl/α,β-unsaturated/α-hetero) is 1. The Hall–Kier alpha value is -0.410. The molecule has 3 nitrogen and oxygen atoms in total. The van der Waals surface area contributed by atoms with E-state index >= 15 is 0 Å². The van der Waals surface area contributed by atoms with E-state index in [4.69, 9.17) is 0 Å². The molecular formula is C9H19NO2. The SMILES string of the molecule is CC(=O)C(C)N(C)CC(C)(C)O. The number of aliphatic hydroxyl groups is 1. The van der Waals surface area contributed by atoms with Crippen LogP contribution < -0.4 is 0 Å². The van der Waals surface area contributed by atoms with E-state index < -0.39 is 5.60 Å². The Morgan fingerprint density at radius 1 is 1.58 bits per heavy atom. The fourth-order valence-electron chi connectivity index (χ4n) is 1.06. The molecule has 1 unspecified atom stereocenters. The van der Waals surface area contributed by atoms with E-state index in [0.29, 0.717) is 6.54 Å². The molecule has 0 spiro atoms. The number of rotatable bonds is 4. The highest BCUT2D eigenvalue weighted by atomic mass is 16.3. The molecule has 0 saturated heterocycles. The van der Waals surface area contributed by atoms with Crippen LogP contribution in [0.15, 0.2) is 0 Å². The van der Waals surface area contributed by atoms with Gasteiger partial charge < -0.3 is 5.11 Å². The van der Waals surface area contributed by atoms with Gasteiger partial charge in [0.05, 0.1) is 11.6 Å². The minimum Gasteiger partial charge on any atom is -0.389 e. The number of nitrogens with zero attached hydrogens (tertiary/aromatic N) is 1. The van der Waals surface area contributed by atoms with Gasteiger partial charge in [0, 0.05) is 6.54 Å². The lowest BCUT2D eigenvalue weighted by Gasteiger charge is -2.28. The predicted molar refractivity (Wildman–Crippen MR) is 49.1 cm³/mol. The van der Waals surface area contributed by atoms with Crippen LogP contribution in [0.2, 0.25) is 0 Å². The smallest absolute Gasteiger partial charge is 0.146 e. The number of hydrogen-bond donors (Lipinski definition) is 1. The Morgan fingerprint density at radius 3 is 2.25 bits per heavy atom. The van der Waals surface area contributed by atoms with Gasteiger partial charge in [-0.1, -0.05) is 0 Å². The molecule has 0 aromatic rings. The largest absolute Gasteiger partial charge is 0.389 e. The molecule has 0 aliphatic heterocycles. The normalized spacial score (nSPS) is 14.9. The van der Waals surface area contributed by atoms with E-state index in [-0.39, 0.29) is 11.8 Å². The third-order valence-electron chi connectivity index (χ3n) is 1.89. The standard InChI is InChI=1S/C9H19NO2/c1-7(8(2)11)10(5)6-9(3,4)12/h7,12H,6H2,1-5H3. The molecule has 0 aliphatic rings. The van der Waals surface area contributed by atoms with Crippen LogP contribution in [0, 0.1) is 0 Å². The molecule has 0 aliphatic carbocycles. The molecule has 0 aromatic heterocycles. The lowest BCUT2D eigenvalue weighted by atomic mass is 10.1. The van der Waals surface area contributed by atoms with Crippen molar-refractivity contribution in [2.75, 3.05) is 13.6 Å². The molecule has 3 heteroatoms. The third kappa shape index (κ3) is 4.46. The molecule has 1 atom stereocenters. The topological polar surface area (TPSA) is 40.5 Å². The number of carbonyl (C=O) groups excluding carboxylic acids is 1. The highest BCUT2D eigenvalue weighted by Gasteiger charge is 2.21. The highest BCUT2D eigenvalue weighted by Crippen LogP contribution is 2.06. The van der Waals surface area contributed by atoms with Gasteiger partial charge in [-0.3, -0.25) is 9.69 Å². The van der Waals surface area contributed by atoms with E-state index in [1.807, 2.05) is 18.9 Å². The first-order chi connectivity index (χ1) is 5.24. The van der Waals surface area contributed by atoms with Crippen molar-refractivity contribution in [2.45, 2.75) is 39.3 Å². The van der Waals surface area contributed by atoms with Crippen molar-refractivity contribution >= 4 is 5.78 Å². The zero-order valence-electron chi connectivity index (χ0n) is 8.59. The number of likely N-dealkylation sites (N-methyl/N-ethyl adjacent to an activating group) is 1. The Bertz CT molecular complexity index is 160. The minimum absolute atomic E-state index is 0.114. The van der Waals surface area contributed by atoms with E-state index in [0.717, 1.165) is 0 Å². The van der Waals surface area contributed by atoms with Crippen LogP contribution in [0.5, 0.6) is 0 Å². The average molecular weight is 173 g/mol. The Kier molecular flexibility index (Phi) is 3.87. The van der Waals surface area contributed by atoms with Gasteiger partial charge in [-0.25, -0.2) is 0 Å². The van der Waals surface area contributed by atoms with Gasteiger partial charge in [0.2, 0.25) is 0 Å². The summed E-state index contributed by atoms with van der Waals surface area (Å²) < 4.78 is 0. The van der Waals surface area contributed by atoms with Gasteiger partial charge >= 0.3 is 0 Å². The van der Waals surface area contributed by atoms with E-state index in [2.05, 4.69) is 0 Å². The van der Waals surface area contributed by atoms with Gasteiger partial charge in [-0.2, -0.15) is 0 Å². The van der Waals surface area contributed by atoms with Crippen molar-refractivity contribution in [3.8, 4) is 0 Å². The van der Waals surface area contributed by atoms with Crippen molar-refractivity contribution in [3.05, 3.63) is 0 Å². The van der Waals surface area contributed by atoms with Gasteiger partial charge in [-0.15, -0.1) is 0 Å². The monoisotopic (exact) mass is 173 g/mol. The second-order valence-electron chi connectivity index (χ2n) is 4.01. The summed E-state index contributed by atoms with van der Waals surface area (Å²) in [7, 11) is 1.84. The molecule has 0 rings (SSSR count). The Labute approximate surface area is 74.4 Å². The van der Waals surface area contributed by atoms with Crippen LogP contribution in [-0.4, -0.2) is 41.0 Å². The quantitative estimate of drug-likeness (QED) is 0.679. The second-order valence-corrected chi connectivity index (χ2v) is 4.01. The summed E-state index contributed by atoms with van der Waals surface area (Å²) in [4.78, 5) is 12.8. The maximum atomic E-state index is 10.9. The van der Waals surface area contributed by atoms with Crippen molar-refractivity contribution < 1.29 is 9.90 Å². The fraction of sp³-hybridized carbons (Fsp3) is 0.889. The van der Waals surface area contributed by atoms with E-state index in [1.54, 1.807) is 20.8 Å². The van der Waals surface area contributed by atoms with Gasteiger partial charge in [0.1, 0.15) is 5.78 Å². The maximum absolute atomic E-state index is 10.9. The summed E-state index contributed by atoms with van der Waals surface area (Å²) in [5.74, 6) is 0.127. The van der Waals surface area contributed by atoms with Crippen molar-refractivity contribution in [3.63, 3.8) is 0 Å². The van der Waals surface area contributed by atoms with Crippen molar-refractivity contribution in [1.82, 2.24) is 4.90 Å². The first-order valence-corrected chi connectivity index (χ1v) is 4.17. The Morgan fingerprint density at radius 2 is 2.00 bits per heavy atom. The number of carbonyl (C=O) groups is 1. The summed E-state index contributed by atoms with van der Waals surface area (Å²) in [6, 6.07) is -0.114. The predicted octanol–water partition coefficient (Wildman–Crippen LogP) is 0.667. The summed E-state index contributed by atoms with van der Waals surface area (Å²) >= 11 is 0. The van der Waals surface area contributed by atoms with Crippen LogP contribution in [-0.2, 0) is 4.79 Å². The zero-order valence-corrected chi connectivity index (χ0v) is 8.59. The van der Waals surface area contributed by atoms with Crippen LogP contribution in [0.4, 0.5) is 0 Å². The van der Waals surface area contributed by atoms with E-state index in [1.165, 1.54) is 0 Å². The molecular weight excluding hydrogens is 154 g/mol. The maximum Gasteiger partial charge on any atom is 0.146 e. The van der Waals surface area contributed by atoms with Crippen LogP contribution >= 0.6 is 0 Å².